The van der Waals surface area contributed by atoms with E-state index in [0.717, 1.165) is 10.0 Å². The molecule has 0 saturated carbocycles. The van der Waals surface area contributed by atoms with Crippen molar-refractivity contribution >= 4 is 39.3 Å². The van der Waals surface area contributed by atoms with Crippen LogP contribution >= 0.6 is 27.5 Å². The lowest BCUT2D eigenvalue weighted by Crippen LogP contribution is -2.38. The zero-order valence-electron chi connectivity index (χ0n) is 12.5. The van der Waals surface area contributed by atoms with Crippen molar-refractivity contribution < 1.29 is 9.59 Å². The molecule has 0 saturated heterocycles. The molecule has 1 unspecified atom stereocenters. The fourth-order valence-electron chi connectivity index (χ4n) is 2.10. The van der Waals surface area contributed by atoms with E-state index in [1.807, 2.05) is 31.2 Å². The van der Waals surface area contributed by atoms with Crippen LogP contribution in [-0.4, -0.2) is 18.4 Å². The van der Waals surface area contributed by atoms with Gasteiger partial charge in [0, 0.05) is 4.47 Å². The SMILES string of the molecule is CC(NC(=O)CNC(=O)c1ccccc1Cl)c1ccccc1Br. The Balaban J connectivity index is 1.89. The number of hydrogen-bond acceptors (Lipinski definition) is 2. The van der Waals surface area contributed by atoms with Gasteiger partial charge in [-0.15, -0.1) is 0 Å². The summed E-state index contributed by atoms with van der Waals surface area (Å²) in [4.78, 5) is 24.0. The third-order valence-corrected chi connectivity index (χ3v) is 4.33. The lowest BCUT2D eigenvalue weighted by molar-refractivity contribution is -0.120. The highest BCUT2D eigenvalue weighted by atomic mass is 79.9. The molecule has 120 valence electrons. The normalized spacial score (nSPS) is 11.6. The highest BCUT2D eigenvalue weighted by Crippen LogP contribution is 2.22. The molecule has 0 aromatic heterocycles. The molecule has 1 atom stereocenters. The van der Waals surface area contributed by atoms with Gasteiger partial charge < -0.3 is 10.6 Å². The second kappa shape index (κ2) is 8.13. The first-order valence-corrected chi connectivity index (χ1v) is 8.22. The minimum atomic E-state index is -0.376. The molecule has 2 aromatic rings. The molecule has 2 rings (SSSR count). The molecule has 0 aliphatic rings. The minimum absolute atomic E-state index is 0.112. The predicted octanol–water partition coefficient (Wildman–Crippen LogP) is 3.71. The summed E-state index contributed by atoms with van der Waals surface area (Å²) in [5, 5.41) is 5.76. The second-order valence-electron chi connectivity index (χ2n) is 4.97. The van der Waals surface area contributed by atoms with Crippen LogP contribution in [0.3, 0.4) is 0 Å². The predicted molar refractivity (Wildman–Crippen MR) is 94.5 cm³/mol. The summed E-state index contributed by atoms with van der Waals surface area (Å²) in [7, 11) is 0. The van der Waals surface area contributed by atoms with Gasteiger partial charge in [0.1, 0.15) is 0 Å². The molecule has 23 heavy (non-hydrogen) atoms. The molecule has 0 spiro atoms. The molecular weight excluding hydrogens is 380 g/mol. The van der Waals surface area contributed by atoms with Gasteiger partial charge in [0.2, 0.25) is 5.91 Å². The number of rotatable bonds is 5. The molecule has 0 heterocycles. The molecule has 2 amide bonds. The van der Waals surface area contributed by atoms with E-state index in [4.69, 9.17) is 11.6 Å². The third-order valence-electron chi connectivity index (χ3n) is 3.28. The Morgan fingerprint density at radius 2 is 1.78 bits per heavy atom. The van der Waals surface area contributed by atoms with Gasteiger partial charge in [-0.1, -0.05) is 57.9 Å². The third kappa shape index (κ3) is 4.81. The first-order chi connectivity index (χ1) is 11.0. The molecule has 0 bridgehead atoms. The molecular formula is C17H16BrClN2O2. The van der Waals surface area contributed by atoms with Crippen molar-refractivity contribution in [2.24, 2.45) is 0 Å². The minimum Gasteiger partial charge on any atom is -0.348 e. The van der Waals surface area contributed by atoms with Gasteiger partial charge in [-0.3, -0.25) is 9.59 Å². The Hall–Kier alpha value is -1.85. The van der Waals surface area contributed by atoms with E-state index >= 15 is 0 Å². The van der Waals surface area contributed by atoms with Gasteiger partial charge in [0.25, 0.3) is 5.91 Å². The summed E-state index contributed by atoms with van der Waals surface area (Å²) in [6.07, 6.45) is 0. The first kappa shape index (κ1) is 17.5. The van der Waals surface area contributed by atoms with Crippen LogP contribution in [-0.2, 0) is 4.79 Å². The fourth-order valence-corrected chi connectivity index (χ4v) is 2.95. The number of hydrogen-bond donors (Lipinski definition) is 2. The molecule has 6 heteroatoms. The van der Waals surface area contributed by atoms with E-state index in [9.17, 15) is 9.59 Å². The fraction of sp³-hybridized carbons (Fsp3) is 0.176. The van der Waals surface area contributed by atoms with E-state index in [0.29, 0.717) is 10.6 Å². The largest absolute Gasteiger partial charge is 0.348 e. The van der Waals surface area contributed by atoms with Crippen LogP contribution < -0.4 is 10.6 Å². The highest BCUT2D eigenvalue weighted by Gasteiger charge is 2.14. The average molecular weight is 396 g/mol. The summed E-state index contributed by atoms with van der Waals surface area (Å²) < 4.78 is 0.924. The molecule has 0 aliphatic heterocycles. The highest BCUT2D eigenvalue weighted by molar-refractivity contribution is 9.10. The maximum atomic E-state index is 12.0. The van der Waals surface area contributed by atoms with Crippen molar-refractivity contribution in [3.8, 4) is 0 Å². The average Bonchev–Trinajstić information content (AvgIpc) is 2.53. The molecule has 0 aliphatic carbocycles. The monoisotopic (exact) mass is 394 g/mol. The van der Waals surface area contributed by atoms with Gasteiger partial charge in [-0.05, 0) is 30.7 Å². The van der Waals surface area contributed by atoms with E-state index in [1.54, 1.807) is 24.3 Å². The second-order valence-corrected chi connectivity index (χ2v) is 6.23. The van der Waals surface area contributed by atoms with Gasteiger partial charge >= 0.3 is 0 Å². The van der Waals surface area contributed by atoms with Crippen molar-refractivity contribution in [3.63, 3.8) is 0 Å². The van der Waals surface area contributed by atoms with Gasteiger partial charge in [0.05, 0.1) is 23.2 Å². The quantitative estimate of drug-likeness (QED) is 0.811. The molecule has 0 radical (unpaired) electrons. The Kier molecular flexibility index (Phi) is 6.19. The molecule has 2 aromatic carbocycles. The number of carbonyl (C=O) groups excluding carboxylic acids is 2. The molecule has 0 fully saturated rings. The lowest BCUT2D eigenvalue weighted by Gasteiger charge is -2.16. The van der Waals surface area contributed by atoms with Crippen molar-refractivity contribution in [1.29, 1.82) is 0 Å². The van der Waals surface area contributed by atoms with Gasteiger partial charge in [0.15, 0.2) is 0 Å². The van der Waals surface area contributed by atoms with Crippen molar-refractivity contribution in [3.05, 3.63) is 69.2 Å². The lowest BCUT2D eigenvalue weighted by atomic mass is 10.1. The standard InChI is InChI=1S/C17H16BrClN2O2/c1-11(12-6-2-4-8-14(12)18)21-16(22)10-20-17(23)13-7-3-5-9-15(13)19/h2-9,11H,10H2,1H3,(H,20,23)(H,21,22). The van der Waals surface area contributed by atoms with Crippen LogP contribution in [0.1, 0.15) is 28.9 Å². The van der Waals surface area contributed by atoms with Crippen LogP contribution in [0.25, 0.3) is 0 Å². The number of carbonyl (C=O) groups is 2. The summed E-state index contributed by atoms with van der Waals surface area (Å²) in [5.74, 6) is -0.645. The number of benzene rings is 2. The Bertz CT molecular complexity index is 721. The zero-order valence-corrected chi connectivity index (χ0v) is 14.8. The topological polar surface area (TPSA) is 58.2 Å². The smallest absolute Gasteiger partial charge is 0.253 e. The van der Waals surface area contributed by atoms with Gasteiger partial charge in [-0.25, -0.2) is 0 Å². The van der Waals surface area contributed by atoms with Crippen LogP contribution in [0.15, 0.2) is 53.0 Å². The number of halogens is 2. The van der Waals surface area contributed by atoms with Crippen molar-refractivity contribution in [1.82, 2.24) is 10.6 Å². The van der Waals surface area contributed by atoms with Crippen molar-refractivity contribution in [2.45, 2.75) is 13.0 Å². The van der Waals surface area contributed by atoms with E-state index in [2.05, 4.69) is 26.6 Å². The van der Waals surface area contributed by atoms with E-state index in [1.165, 1.54) is 0 Å². The van der Waals surface area contributed by atoms with Crippen LogP contribution in [0.2, 0.25) is 5.02 Å². The van der Waals surface area contributed by atoms with Crippen LogP contribution in [0, 0.1) is 0 Å². The van der Waals surface area contributed by atoms with Crippen LogP contribution in [0.5, 0.6) is 0 Å². The summed E-state index contributed by atoms with van der Waals surface area (Å²) in [6.45, 7) is 1.77. The Morgan fingerprint density at radius 3 is 2.48 bits per heavy atom. The van der Waals surface area contributed by atoms with Crippen molar-refractivity contribution in [2.75, 3.05) is 6.54 Å². The maximum Gasteiger partial charge on any atom is 0.253 e. The van der Waals surface area contributed by atoms with Gasteiger partial charge in [-0.2, -0.15) is 0 Å². The van der Waals surface area contributed by atoms with E-state index in [-0.39, 0.29) is 24.4 Å². The first-order valence-electron chi connectivity index (χ1n) is 7.05. The van der Waals surface area contributed by atoms with E-state index < -0.39 is 0 Å². The zero-order chi connectivity index (χ0) is 16.8. The summed E-state index contributed by atoms with van der Waals surface area (Å²) in [6, 6.07) is 14.2. The summed E-state index contributed by atoms with van der Waals surface area (Å²) >= 11 is 9.40. The summed E-state index contributed by atoms with van der Waals surface area (Å²) in [5.41, 5.74) is 1.32. The Labute approximate surface area is 148 Å². The van der Waals surface area contributed by atoms with Crippen LogP contribution in [0.4, 0.5) is 0 Å². The number of amides is 2. The maximum absolute atomic E-state index is 12.0. The Morgan fingerprint density at radius 1 is 1.13 bits per heavy atom. The number of nitrogens with one attached hydrogen (secondary N) is 2. The molecule has 4 nitrogen and oxygen atoms in total. The molecule has 2 N–H and O–H groups in total.